The Labute approximate surface area is 116 Å². The van der Waals surface area contributed by atoms with Crippen LogP contribution in [-0.2, 0) is 16.1 Å². The summed E-state index contributed by atoms with van der Waals surface area (Å²) in [7, 11) is 0. The second kappa shape index (κ2) is 7.32. The summed E-state index contributed by atoms with van der Waals surface area (Å²) in [6.07, 6.45) is -0.379. The molecule has 0 aromatic heterocycles. The fourth-order valence-electron chi connectivity index (χ4n) is 1.38. The maximum Gasteiger partial charge on any atom is 0.219 e. The molecule has 0 aliphatic carbocycles. The van der Waals surface area contributed by atoms with Crippen molar-refractivity contribution in [3.63, 3.8) is 0 Å². The van der Waals surface area contributed by atoms with Gasteiger partial charge in [0, 0.05) is 6.54 Å². The van der Waals surface area contributed by atoms with Crippen LogP contribution in [0.25, 0.3) is 0 Å². The second-order valence-corrected chi connectivity index (χ2v) is 4.26. The topological polar surface area (TPSA) is 107 Å². The van der Waals surface area contributed by atoms with Gasteiger partial charge in [-0.05, 0) is 17.8 Å². The van der Waals surface area contributed by atoms with Gasteiger partial charge in [0.1, 0.15) is 0 Å². The fraction of sp³-hybridized carbons (Fsp3) is 0.250. The molecule has 102 valence electrons. The SMILES string of the molecule is NC(=O)C[C@H](NC(=S)NCc1ccccc1)C(=O)[O-]. The van der Waals surface area contributed by atoms with Crippen LogP contribution >= 0.6 is 12.2 Å². The van der Waals surface area contributed by atoms with Crippen LogP contribution in [0.1, 0.15) is 12.0 Å². The Morgan fingerprint density at radius 2 is 1.95 bits per heavy atom. The fourth-order valence-corrected chi connectivity index (χ4v) is 1.60. The van der Waals surface area contributed by atoms with E-state index in [0.717, 1.165) is 5.56 Å². The zero-order chi connectivity index (χ0) is 14.3. The first-order valence-corrected chi connectivity index (χ1v) is 5.97. The van der Waals surface area contributed by atoms with E-state index in [-0.39, 0.29) is 11.5 Å². The van der Waals surface area contributed by atoms with Gasteiger partial charge in [0.15, 0.2) is 5.11 Å². The molecule has 6 nitrogen and oxygen atoms in total. The monoisotopic (exact) mass is 280 g/mol. The zero-order valence-corrected chi connectivity index (χ0v) is 10.9. The summed E-state index contributed by atoms with van der Waals surface area (Å²) < 4.78 is 0. The van der Waals surface area contributed by atoms with Gasteiger partial charge in [0.25, 0.3) is 0 Å². The molecule has 0 aliphatic rings. The average molecular weight is 280 g/mol. The smallest absolute Gasteiger partial charge is 0.219 e. The average Bonchev–Trinajstić information content (AvgIpc) is 2.36. The number of primary amides is 1. The van der Waals surface area contributed by atoms with Crippen molar-refractivity contribution in [2.24, 2.45) is 5.73 Å². The number of aliphatic carboxylic acids is 1. The van der Waals surface area contributed by atoms with Crippen LogP contribution in [-0.4, -0.2) is 23.0 Å². The van der Waals surface area contributed by atoms with Gasteiger partial charge in [-0.25, -0.2) is 0 Å². The molecule has 0 bridgehead atoms. The molecule has 1 aromatic rings. The van der Waals surface area contributed by atoms with Crippen molar-refractivity contribution in [1.29, 1.82) is 0 Å². The van der Waals surface area contributed by atoms with Crippen molar-refractivity contribution < 1.29 is 14.7 Å². The van der Waals surface area contributed by atoms with Crippen LogP contribution in [0.4, 0.5) is 0 Å². The molecule has 19 heavy (non-hydrogen) atoms. The van der Waals surface area contributed by atoms with Gasteiger partial charge < -0.3 is 26.3 Å². The van der Waals surface area contributed by atoms with Crippen molar-refractivity contribution >= 4 is 29.2 Å². The van der Waals surface area contributed by atoms with E-state index in [2.05, 4.69) is 10.6 Å². The van der Waals surface area contributed by atoms with Crippen LogP contribution in [0.5, 0.6) is 0 Å². The first-order chi connectivity index (χ1) is 8.99. The lowest BCUT2D eigenvalue weighted by Crippen LogP contribution is -2.52. The zero-order valence-electron chi connectivity index (χ0n) is 10.1. The molecule has 1 aromatic carbocycles. The summed E-state index contributed by atoms with van der Waals surface area (Å²) in [5.41, 5.74) is 5.93. The predicted octanol–water partition coefficient (Wildman–Crippen LogP) is -1.36. The highest BCUT2D eigenvalue weighted by Crippen LogP contribution is 1.97. The highest BCUT2D eigenvalue weighted by molar-refractivity contribution is 7.80. The molecule has 0 fully saturated rings. The van der Waals surface area contributed by atoms with E-state index < -0.39 is 17.9 Å². The molecule has 0 aliphatic heterocycles. The Balaban J connectivity index is 2.45. The maximum absolute atomic E-state index is 10.8. The molecule has 1 amide bonds. The molecule has 0 unspecified atom stereocenters. The summed E-state index contributed by atoms with van der Waals surface area (Å²) in [4.78, 5) is 21.5. The van der Waals surface area contributed by atoms with E-state index in [9.17, 15) is 14.7 Å². The molecular formula is C12H14N3O3S-. The number of carbonyl (C=O) groups excluding carboxylic acids is 2. The van der Waals surface area contributed by atoms with Gasteiger partial charge in [-0.1, -0.05) is 30.3 Å². The van der Waals surface area contributed by atoms with Crippen molar-refractivity contribution in [2.45, 2.75) is 19.0 Å². The lowest BCUT2D eigenvalue weighted by Gasteiger charge is -2.20. The van der Waals surface area contributed by atoms with Crippen molar-refractivity contribution in [3.05, 3.63) is 35.9 Å². The number of benzene rings is 1. The summed E-state index contributed by atoms with van der Waals surface area (Å²) in [5, 5.41) is 16.2. The van der Waals surface area contributed by atoms with Crippen LogP contribution in [0.3, 0.4) is 0 Å². The molecule has 0 radical (unpaired) electrons. The number of rotatable bonds is 6. The van der Waals surface area contributed by atoms with E-state index in [0.29, 0.717) is 6.54 Å². The third-order valence-electron chi connectivity index (χ3n) is 2.29. The van der Waals surface area contributed by atoms with Crippen LogP contribution in [0, 0.1) is 0 Å². The lowest BCUT2D eigenvalue weighted by molar-refractivity contribution is -0.308. The van der Waals surface area contributed by atoms with Gasteiger partial charge in [-0.15, -0.1) is 0 Å². The third kappa shape index (κ3) is 5.82. The van der Waals surface area contributed by atoms with Gasteiger partial charge in [-0.3, -0.25) is 4.79 Å². The summed E-state index contributed by atoms with van der Waals surface area (Å²) in [5.74, 6) is -2.17. The highest BCUT2D eigenvalue weighted by atomic mass is 32.1. The number of nitrogens with one attached hydrogen (secondary N) is 2. The second-order valence-electron chi connectivity index (χ2n) is 3.85. The summed E-state index contributed by atoms with van der Waals surface area (Å²) in [6, 6.07) is 8.21. The van der Waals surface area contributed by atoms with Crippen molar-refractivity contribution in [1.82, 2.24) is 10.6 Å². The Hall–Kier alpha value is -2.15. The molecule has 0 spiro atoms. The normalized spacial score (nSPS) is 11.4. The highest BCUT2D eigenvalue weighted by Gasteiger charge is 2.13. The first kappa shape index (κ1) is 14.9. The Morgan fingerprint density at radius 1 is 1.32 bits per heavy atom. The molecule has 0 saturated heterocycles. The Kier molecular flexibility index (Phi) is 5.74. The number of carbonyl (C=O) groups is 2. The lowest BCUT2D eigenvalue weighted by atomic mass is 10.2. The molecule has 1 rings (SSSR count). The number of carboxylic acid groups (broad SMARTS) is 1. The van der Waals surface area contributed by atoms with Gasteiger partial charge in [0.05, 0.1) is 18.4 Å². The molecule has 7 heteroatoms. The number of hydrogen-bond donors (Lipinski definition) is 3. The van der Waals surface area contributed by atoms with Crippen LogP contribution in [0.15, 0.2) is 30.3 Å². The number of amides is 1. The standard InChI is InChI=1S/C12H15N3O3S/c13-10(16)6-9(11(17)18)15-12(19)14-7-8-4-2-1-3-5-8/h1-5,9H,6-7H2,(H2,13,16)(H,17,18)(H2,14,15,19)/p-1/t9-/m0/s1. The minimum atomic E-state index is -1.43. The minimum absolute atomic E-state index is 0.124. The summed E-state index contributed by atoms with van der Waals surface area (Å²) in [6.45, 7) is 0.447. The van der Waals surface area contributed by atoms with E-state index in [1.807, 2.05) is 30.3 Å². The number of thiocarbonyl (C=S) groups is 1. The van der Waals surface area contributed by atoms with Crippen LogP contribution in [0.2, 0.25) is 0 Å². The number of hydrogen-bond acceptors (Lipinski definition) is 4. The predicted molar refractivity (Wildman–Crippen MR) is 71.6 cm³/mol. The molecule has 1 atom stereocenters. The van der Waals surface area contributed by atoms with Crippen LogP contribution < -0.4 is 21.5 Å². The molecular weight excluding hydrogens is 266 g/mol. The van der Waals surface area contributed by atoms with Crippen molar-refractivity contribution in [2.75, 3.05) is 0 Å². The Bertz CT molecular complexity index is 465. The van der Waals surface area contributed by atoms with E-state index in [1.165, 1.54) is 0 Å². The minimum Gasteiger partial charge on any atom is -0.548 e. The van der Waals surface area contributed by atoms with Crippen molar-refractivity contribution in [3.8, 4) is 0 Å². The van der Waals surface area contributed by atoms with E-state index in [4.69, 9.17) is 18.0 Å². The molecule has 0 saturated carbocycles. The number of carboxylic acids is 1. The largest absolute Gasteiger partial charge is 0.548 e. The number of nitrogens with two attached hydrogens (primary N) is 1. The Morgan fingerprint density at radius 3 is 2.47 bits per heavy atom. The summed E-state index contributed by atoms with van der Waals surface area (Å²) >= 11 is 4.94. The quantitative estimate of drug-likeness (QED) is 0.556. The van der Waals surface area contributed by atoms with Gasteiger partial charge in [-0.2, -0.15) is 0 Å². The van der Waals surface area contributed by atoms with Gasteiger partial charge in [0.2, 0.25) is 5.91 Å². The van der Waals surface area contributed by atoms with E-state index >= 15 is 0 Å². The van der Waals surface area contributed by atoms with Gasteiger partial charge >= 0.3 is 0 Å². The molecule has 4 N–H and O–H groups in total. The third-order valence-corrected chi connectivity index (χ3v) is 2.55. The maximum atomic E-state index is 10.8. The first-order valence-electron chi connectivity index (χ1n) is 5.56. The van der Waals surface area contributed by atoms with E-state index in [1.54, 1.807) is 0 Å². The molecule has 0 heterocycles.